The Morgan fingerprint density at radius 3 is 2.81 bits per heavy atom. The second-order valence-corrected chi connectivity index (χ2v) is 4.58. The fourth-order valence-corrected chi connectivity index (χ4v) is 2.13. The Bertz CT molecular complexity index is 835. The lowest BCUT2D eigenvalue weighted by atomic mass is 10.1. The molecular weight excluding hydrogens is 268 g/mol. The molecule has 3 rings (SSSR count). The molecule has 0 aliphatic carbocycles. The summed E-state index contributed by atoms with van der Waals surface area (Å²) in [7, 11) is 3.40. The van der Waals surface area contributed by atoms with E-state index in [1.54, 1.807) is 18.0 Å². The monoisotopic (exact) mass is 282 g/mol. The number of hydrogen-bond acceptors (Lipinski definition) is 4. The number of aromatic nitrogens is 4. The average Bonchev–Trinajstić information content (AvgIpc) is 2.93. The van der Waals surface area contributed by atoms with Gasteiger partial charge in [0.25, 0.3) is 5.56 Å². The fraction of sp³-hybridized carbons (Fsp3) is 0.133. The summed E-state index contributed by atoms with van der Waals surface area (Å²) >= 11 is 0. The molecule has 1 N–H and O–H groups in total. The minimum Gasteiger partial charge on any atom is -0.496 e. The first-order valence-corrected chi connectivity index (χ1v) is 6.41. The molecule has 0 saturated carbocycles. The highest BCUT2D eigenvalue weighted by atomic mass is 16.5. The van der Waals surface area contributed by atoms with E-state index in [4.69, 9.17) is 4.74 Å². The number of nitrogens with one attached hydrogen (secondary N) is 1. The van der Waals surface area contributed by atoms with Crippen molar-refractivity contribution in [2.24, 2.45) is 7.05 Å². The zero-order valence-electron chi connectivity index (χ0n) is 11.7. The molecule has 0 atom stereocenters. The van der Waals surface area contributed by atoms with E-state index in [9.17, 15) is 4.79 Å². The summed E-state index contributed by atoms with van der Waals surface area (Å²) in [6.07, 6.45) is 3.49. The van der Waals surface area contributed by atoms with Crippen molar-refractivity contribution in [2.45, 2.75) is 0 Å². The molecule has 2 heterocycles. The van der Waals surface area contributed by atoms with Crippen LogP contribution in [0.3, 0.4) is 0 Å². The lowest BCUT2D eigenvalue weighted by Crippen LogP contribution is -2.08. The van der Waals surface area contributed by atoms with Crippen LogP contribution >= 0.6 is 0 Å². The normalized spacial score (nSPS) is 10.6. The van der Waals surface area contributed by atoms with Crippen molar-refractivity contribution in [1.82, 2.24) is 19.7 Å². The van der Waals surface area contributed by atoms with Crippen LogP contribution in [0.15, 0.2) is 47.5 Å². The second kappa shape index (κ2) is 5.24. The third-order valence-corrected chi connectivity index (χ3v) is 3.10. The number of nitrogens with zero attached hydrogens (tertiary/aromatic N) is 3. The smallest absolute Gasteiger partial charge is 0.251 e. The van der Waals surface area contributed by atoms with Crippen molar-refractivity contribution in [1.29, 1.82) is 0 Å². The van der Waals surface area contributed by atoms with Gasteiger partial charge in [0, 0.05) is 24.9 Å². The summed E-state index contributed by atoms with van der Waals surface area (Å²) in [5, 5.41) is 4.10. The molecule has 0 amide bonds. The summed E-state index contributed by atoms with van der Waals surface area (Å²) in [4.78, 5) is 19.1. The van der Waals surface area contributed by atoms with Crippen LogP contribution in [0.25, 0.3) is 22.6 Å². The fourth-order valence-electron chi connectivity index (χ4n) is 2.13. The molecule has 2 aromatic heterocycles. The van der Waals surface area contributed by atoms with Gasteiger partial charge >= 0.3 is 0 Å². The van der Waals surface area contributed by atoms with Crippen molar-refractivity contribution < 1.29 is 4.74 Å². The molecule has 0 fully saturated rings. The molecule has 0 unspecified atom stereocenters. The Morgan fingerprint density at radius 1 is 1.29 bits per heavy atom. The third-order valence-electron chi connectivity index (χ3n) is 3.10. The first-order chi connectivity index (χ1) is 10.2. The van der Waals surface area contributed by atoms with Gasteiger partial charge in [-0.2, -0.15) is 5.10 Å². The Labute approximate surface area is 121 Å². The number of para-hydroxylation sites is 1. The summed E-state index contributed by atoms with van der Waals surface area (Å²) in [6.45, 7) is 0. The molecule has 0 saturated heterocycles. The van der Waals surface area contributed by atoms with Crippen LogP contribution in [0.2, 0.25) is 0 Å². The molecule has 21 heavy (non-hydrogen) atoms. The predicted molar refractivity (Wildman–Crippen MR) is 79.0 cm³/mol. The Hall–Kier alpha value is -2.89. The van der Waals surface area contributed by atoms with Crippen LogP contribution in [0.5, 0.6) is 5.75 Å². The molecule has 0 bridgehead atoms. The van der Waals surface area contributed by atoms with Gasteiger partial charge in [-0.15, -0.1) is 0 Å². The standard InChI is InChI=1S/C15H14N4O2/c1-19-9-10(8-16-19)12-7-14(20)18-15(17-12)11-5-3-4-6-13(11)21-2/h3-9H,1-2H3,(H,17,18,20). The van der Waals surface area contributed by atoms with Gasteiger partial charge in [-0.1, -0.05) is 12.1 Å². The van der Waals surface area contributed by atoms with Gasteiger partial charge in [-0.05, 0) is 12.1 Å². The molecule has 106 valence electrons. The average molecular weight is 282 g/mol. The van der Waals surface area contributed by atoms with Crippen molar-refractivity contribution >= 4 is 0 Å². The number of rotatable bonds is 3. The van der Waals surface area contributed by atoms with Crippen LogP contribution in [0.1, 0.15) is 0 Å². The van der Waals surface area contributed by atoms with Gasteiger partial charge in [-0.3, -0.25) is 9.48 Å². The molecule has 6 nitrogen and oxygen atoms in total. The van der Waals surface area contributed by atoms with E-state index in [-0.39, 0.29) is 5.56 Å². The topological polar surface area (TPSA) is 72.8 Å². The summed E-state index contributed by atoms with van der Waals surface area (Å²) in [5.41, 5.74) is 1.89. The van der Waals surface area contributed by atoms with Gasteiger partial charge in [0.05, 0.1) is 24.6 Å². The minimum atomic E-state index is -0.218. The molecule has 0 spiro atoms. The van der Waals surface area contributed by atoms with Crippen molar-refractivity contribution in [3.63, 3.8) is 0 Å². The van der Waals surface area contributed by atoms with Crippen LogP contribution < -0.4 is 10.3 Å². The highest BCUT2D eigenvalue weighted by Crippen LogP contribution is 2.27. The van der Waals surface area contributed by atoms with Crippen LogP contribution in [0.4, 0.5) is 0 Å². The molecule has 0 aliphatic heterocycles. The number of ether oxygens (including phenoxy) is 1. The maximum atomic E-state index is 11.9. The van der Waals surface area contributed by atoms with Crippen molar-refractivity contribution in [3.8, 4) is 28.4 Å². The van der Waals surface area contributed by atoms with Crippen molar-refractivity contribution in [2.75, 3.05) is 7.11 Å². The van der Waals surface area contributed by atoms with Gasteiger partial charge in [0.2, 0.25) is 0 Å². The number of H-pyrrole nitrogens is 1. The van der Waals surface area contributed by atoms with E-state index < -0.39 is 0 Å². The van der Waals surface area contributed by atoms with Gasteiger partial charge < -0.3 is 9.72 Å². The maximum absolute atomic E-state index is 11.9. The molecule has 3 aromatic rings. The highest BCUT2D eigenvalue weighted by molar-refractivity contribution is 5.67. The predicted octanol–water partition coefficient (Wildman–Crippen LogP) is 1.85. The van der Waals surface area contributed by atoms with Gasteiger partial charge in [-0.25, -0.2) is 4.98 Å². The third kappa shape index (κ3) is 2.55. The SMILES string of the molecule is COc1ccccc1-c1nc(-c2cnn(C)c2)cc(=O)[nH]1. The highest BCUT2D eigenvalue weighted by Gasteiger charge is 2.11. The Morgan fingerprint density at radius 2 is 2.10 bits per heavy atom. The molecule has 1 aromatic carbocycles. The molecule has 6 heteroatoms. The van der Waals surface area contributed by atoms with E-state index >= 15 is 0 Å². The van der Waals surface area contributed by atoms with E-state index in [2.05, 4.69) is 15.1 Å². The van der Waals surface area contributed by atoms with E-state index in [0.29, 0.717) is 17.3 Å². The van der Waals surface area contributed by atoms with Gasteiger partial charge in [0.15, 0.2) is 0 Å². The maximum Gasteiger partial charge on any atom is 0.251 e. The quantitative estimate of drug-likeness (QED) is 0.795. The van der Waals surface area contributed by atoms with Crippen molar-refractivity contribution in [3.05, 3.63) is 53.1 Å². The van der Waals surface area contributed by atoms with Crippen LogP contribution in [-0.4, -0.2) is 26.9 Å². The van der Waals surface area contributed by atoms with Crippen LogP contribution in [-0.2, 0) is 7.05 Å². The molecule has 0 aliphatic rings. The molecule has 0 radical (unpaired) electrons. The van der Waals surface area contributed by atoms with E-state index in [1.165, 1.54) is 6.07 Å². The largest absolute Gasteiger partial charge is 0.496 e. The lowest BCUT2D eigenvalue weighted by molar-refractivity contribution is 0.416. The first kappa shape index (κ1) is 13.1. The number of methoxy groups -OCH3 is 1. The minimum absolute atomic E-state index is 0.218. The number of aryl methyl sites for hydroxylation is 1. The lowest BCUT2D eigenvalue weighted by Gasteiger charge is -2.08. The summed E-state index contributed by atoms with van der Waals surface area (Å²) in [5.74, 6) is 1.13. The Balaban J connectivity index is 2.16. The number of benzene rings is 1. The Kier molecular flexibility index (Phi) is 3.27. The second-order valence-electron chi connectivity index (χ2n) is 4.58. The van der Waals surface area contributed by atoms with E-state index in [1.807, 2.05) is 37.5 Å². The summed E-state index contributed by atoms with van der Waals surface area (Å²) in [6, 6.07) is 8.87. The first-order valence-electron chi connectivity index (χ1n) is 6.41. The zero-order valence-corrected chi connectivity index (χ0v) is 11.7. The zero-order chi connectivity index (χ0) is 14.8. The number of hydrogen-bond donors (Lipinski definition) is 1. The van der Waals surface area contributed by atoms with Crippen LogP contribution in [0, 0.1) is 0 Å². The van der Waals surface area contributed by atoms with E-state index in [0.717, 1.165) is 11.1 Å². The number of aromatic amines is 1. The molecular formula is C15H14N4O2. The summed E-state index contributed by atoms with van der Waals surface area (Å²) < 4.78 is 6.98. The van der Waals surface area contributed by atoms with Gasteiger partial charge in [0.1, 0.15) is 11.6 Å².